The monoisotopic (exact) mass is 234 g/mol. The van der Waals surface area contributed by atoms with Gasteiger partial charge in [-0.15, -0.1) is 0 Å². The molecule has 1 fully saturated rings. The van der Waals surface area contributed by atoms with E-state index in [1.54, 1.807) is 0 Å². The summed E-state index contributed by atoms with van der Waals surface area (Å²) in [4.78, 5) is 10.9. The molecule has 0 amide bonds. The predicted molar refractivity (Wildman–Crippen MR) is 70.2 cm³/mol. The fraction of sp³-hybridized carbons (Fsp3) is 0.692. The van der Waals surface area contributed by atoms with Crippen LogP contribution < -0.4 is 10.2 Å². The van der Waals surface area contributed by atoms with Gasteiger partial charge in [-0.3, -0.25) is 0 Å². The van der Waals surface area contributed by atoms with Gasteiger partial charge in [0.25, 0.3) is 0 Å². The van der Waals surface area contributed by atoms with Crippen molar-refractivity contribution in [2.45, 2.75) is 38.6 Å². The molecule has 0 saturated carbocycles. The summed E-state index contributed by atoms with van der Waals surface area (Å²) in [6.07, 6.45) is 8.64. The highest BCUT2D eigenvalue weighted by Crippen LogP contribution is 2.15. The minimum atomic E-state index is 0.596. The predicted octanol–water partition coefficient (Wildman–Crippen LogP) is 1.84. The molecule has 1 N–H and O–H groups in total. The van der Waals surface area contributed by atoms with E-state index >= 15 is 0 Å². The quantitative estimate of drug-likeness (QED) is 0.789. The third-order valence-corrected chi connectivity index (χ3v) is 3.22. The van der Waals surface area contributed by atoms with E-state index in [-0.39, 0.29) is 0 Å². The van der Waals surface area contributed by atoms with Crippen LogP contribution in [-0.4, -0.2) is 35.6 Å². The van der Waals surface area contributed by atoms with Gasteiger partial charge < -0.3 is 10.2 Å². The minimum Gasteiger partial charge on any atom is -0.339 e. The lowest BCUT2D eigenvalue weighted by molar-refractivity contribution is 0.416. The van der Waals surface area contributed by atoms with Crippen LogP contribution in [0.4, 0.5) is 5.95 Å². The highest BCUT2D eigenvalue weighted by molar-refractivity contribution is 5.29. The number of rotatable bonds is 5. The van der Waals surface area contributed by atoms with E-state index in [1.165, 1.54) is 25.7 Å². The zero-order chi connectivity index (χ0) is 11.9. The van der Waals surface area contributed by atoms with Crippen LogP contribution >= 0.6 is 0 Å². The Morgan fingerprint density at radius 3 is 3.00 bits per heavy atom. The summed E-state index contributed by atoms with van der Waals surface area (Å²) in [6, 6.07) is 2.46. The van der Waals surface area contributed by atoms with Crippen molar-refractivity contribution in [3.8, 4) is 0 Å². The van der Waals surface area contributed by atoms with E-state index in [0.717, 1.165) is 25.6 Å². The Morgan fingerprint density at radius 1 is 1.41 bits per heavy atom. The third-order valence-electron chi connectivity index (χ3n) is 3.22. The summed E-state index contributed by atoms with van der Waals surface area (Å²) < 4.78 is 0. The Labute approximate surface area is 103 Å². The molecule has 1 atom stereocenters. The molecular weight excluding hydrogens is 212 g/mol. The molecule has 0 aliphatic carbocycles. The van der Waals surface area contributed by atoms with Gasteiger partial charge in [0.2, 0.25) is 5.95 Å². The second-order valence-corrected chi connectivity index (χ2v) is 4.64. The first kappa shape index (κ1) is 12.3. The van der Waals surface area contributed by atoms with Crippen molar-refractivity contribution in [3.05, 3.63) is 18.5 Å². The van der Waals surface area contributed by atoms with E-state index in [0.29, 0.717) is 6.04 Å². The van der Waals surface area contributed by atoms with E-state index in [4.69, 9.17) is 0 Å². The van der Waals surface area contributed by atoms with Crippen LogP contribution in [0.25, 0.3) is 0 Å². The lowest BCUT2D eigenvalue weighted by Crippen LogP contribution is -2.46. The fourth-order valence-corrected chi connectivity index (χ4v) is 2.26. The van der Waals surface area contributed by atoms with Crippen LogP contribution in [0.5, 0.6) is 0 Å². The largest absolute Gasteiger partial charge is 0.339 e. The molecule has 2 heterocycles. The molecule has 1 aromatic rings. The topological polar surface area (TPSA) is 41.0 Å². The number of nitrogens with one attached hydrogen (secondary N) is 1. The highest BCUT2D eigenvalue weighted by atomic mass is 15.3. The summed E-state index contributed by atoms with van der Waals surface area (Å²) in [5.41, 5.74) is 0. The van der Waals surface area contributed by atoms with E-state index in [9.17, 15) is 0 Å². The lowest BCUT2D eigenvalue weighted by atomic mass is 10.1. The van der Waals surface area contributed by atoms with Crippen LogP contribution in [0.15, 0.2) is 18.5 Å². The molecule has 94 valence electrons. The average molecular weight is 234 g/mol. The third kappa shape index (κ3) is 3.66. The van der Waals surface area contributed by atoms with Gasteiger partial charge in [-0.05, 0) is 31.9 Å². The number of nitrogens with zero attached hydrogens (tertiary/aromatic N) is 3. The molecule has 1 aromatic heterocycles. The number of anilines is 1. The fourth-order valence-electron chi connectivity index (χ4n) is 2.26. The summed E-state index contributed by atoms with van der Waals surface area (Å²) >= 11 is 0. The van der Waals surface area contributed by atoms with Gasteiger partial charge >= 0.3 is 0 Å². The van der Waals surface area contributed by atoms with Gasteiger partial charge in [0.05, 0.1) is 0 Å². The molecule has 1 aliphatic heterocycles. The molecule has 4 nitrogen and oxygen atoms in total. The Hall–Kier alpha value is -1.16. The zero-order valence-electron chi connectivity index (χ0n) is 10.6. The average Bonchev–Trinajstić information content (AvgIpc) is 2.41. The van der Waals surface area contributed by atoms with Crippen molar-refractivity contribution in [2.24, 2.45) is 0 Å². The van der Waals surface area contributed by atoms with Crippen LogP contribution in [0.3, 0.4) is 0 Å². The van der Waals surface area contributed by atoms with Gasteiger partial charge in [-0.2, -0.15) is 0 Å². The molecule has 17 heavy (non-hydrogen) atoms. The smallest absolute Gasteiger partial charge is 0.225 e. The maximum atomic E-state index is 4.32. The molecule has 2 rings (SSSR count). The van der Waals surface area contributed by atoms with Crippen LogP contribution in [0.2, 0.25) is 0 Å². The first-order valence-electron chi connectivity index (χ1n) is 6.65. The molecule has 4 heteroatoms. The second-order valence-electron chi connectivity index (χ2n) is 4.64. The number of aromatic nitrogens is 2. The summed E-state index contributed by atoms with van der Waals surface area (Å²) in [5.74, 6) is 0.870. The number of piperidine rings is 1. The van der Waals surface area contributed by atoms with Crippen molar-refractivity contribution < 1.29 is 0 Å². The number of hydrogen-bond acceptors (Lipinski definition) is 4. The maximum Gasteiger partial charge on any atom is 0.225 e. The number of hydrogen-bond donors (Lipinski definition) is 1. The molecule has 0 aromatic carbocycles. The van der Waals surface area contributed by atoms with Crippen molar-refractivity contribution in [1.29, 1.82) is 0 Å². The SMILES string of the molecule is CCCCNC1CCCN(c2ncccn2)C1. The van der Waals surface area contributed by atoms with E-state index < -0.39 is 0 Å². The Bertz CT molecular complexity index is 314. The molecule has 1 unspecified atom stereocenters. The molecular formula is C13H22N4. The van der Waals surface area contributed by atoms with E-state index in [2.05, 4.69) is 27.1 Å². The van der Waals surface area contributed by atoms with Gasteiger partial charge in [-0.25, -0.2) is 9.97 Å². The number of unbranched alkanes of at least 4 members (excludes halogenated alkanes) is 1. The van der Waals surface area contributed by atoms with Crippen LogP contribution in [-0.2, 0) is 0 Å². The normalized spacial score (nSPS) is 20.5. The standard InChI is InChI=1S/C13H22N4/c1-2-3-7-14-12-6-4-10-17(11-12)13-15-8-5-9-16-13/h5,8-9,12,14H,2-4,6-7,10-11H2,1H3. The first-order valence-corrected chi connectivity index (χ1v) is 6.65. The summed E-state index contributed by atoms with van der Waals surface area (Å²) in [7, 11) is 0. The second kappa shape index (κ2) is 6.55. The van der Waals surface area contributed by atoms with Crippen LogP contribution in [0.1, 0.15) is 32.6 Å². The lowest BCUT2D eigenvalue weighted by Gasteiger charge is -2.33. The minimum absolute atomic E-state index is 0.596. The Balaban J connectivity index is 1.84. The molecule has 0 radical (unpaired) electrons. The molecule has 1 aliphatic rings. The van der Waals surface area contributed by atoms with Gasteiger partial charge in [0.15, 0.2) is 0 Å². The maximum absolute atomic E-state index is 4.32. The van der Waals surface area contributed by atoms with Gasteiger partial charge in [-0.1, -0.05) is 13.3 Å². The highest BCUT2D eigenvalue weighted by Gasteiger charge is 2.20. The summed E-state index contributed by atoms with van der Waals surface area (Å²) in [5, 5.41) is 3.63. The van der Waals surface area contributed by atoms with Crippen molar-refractivity contribution in [3.63, 3.8) is 0 Å². The summed E-state index contributed by atoms with van der Waals surface area (Å²) in [6.45, 7) is 5.47. The van der Waals surface area contributed by atoms with Crippen molar-refractivity contribution in [1.82, 2.24) is 15.3 Å². The molecule has 0 bridgehead atoms. The van der Waals surface area contributed by atoms with E-state index in [1.807, 2.05) is 18.5 Å². The van der Waals surface area contributed by atoms with Gasteiger partial charge in [0, 0.05) is 31.5 Å². The zero-order valence-corrected chi connectivity index (χ0v) is 10.6. The van der Waals surface area contributed by atoms with Crippen LogP contribution in [0, 0.1) is 0 Å². The van der Waals surface area contributed by atoms with Crippen molar-refractivity contribution >= 4 is 5.95 Å². The van der Waals surface area contributed by atoms with Gasteiger partial charge in [0.1, 0.15) is 0 Å². The Morgan fingerprint density at radius 2 is 2.24 bits per heavy atom. The molecule has 0 spiro atoms. The first-order chi connectivity index (χ1) is 8.40. The van der Waals surface area contributed by atoms with Crippen molar-refractivity contribution in [2.75, 3.05) is 24.5 Å². The Kier molecular flexibility index (Phi) is 4.74. The molecule has 1 saturated heterocycles.